The number of halogens is 1. The molecule has 1 aromatic carbocycles. The number of rotatable bonds is 6. The van der Waals surface area contributed by atoms with E-state index in [1.54, 1.807) is 18.2 Å². The minimum atomic E-state index is -0.324. The molecule has 0 saturated heterocycles. The summed E-state index contributed by atoms with van der Waals surface area (Å²) < 4.78 is 6.57. The van der Waals surface area contributed by atoms with Gasteiger partial charge in [0, 0.05) is 15.6 Å². The summed E-state index contributed by atoms with van der Waals surface area (Å²) in [5.74, 6) is 0.0927. The highest BCUT2D eigenvalue weighted by Crippen LogP contribution is 2.29. The molecule has 0 saturated carbocycles. The molecule has 0 bridgehead atoms. The van der Waals surface area contributed by atoms with Gasteiger partial charge in [0.15, 0.2) is 0 Å². The first-order chi connectivity index (χ1) is 8.39. The SMILES string of the molecule is C=CCC(C)(C)OCc1cc(Br)cc(CO)c1O. The molecule has 0 atom stereocenters. The van der Waals surface area contributed by atoms with Crippen molar-refractivity contribution < 1.29 is 14.9 Å². The third-order valence-corrected chi connectivity index (χ3v) is 3.12. The van der Waals surface area contributed by atoms with Crippen LogP contribution in [0, 0.1) is 0 Å². The molecule has 0 amide bonds. The van der Waals surface area contributed by atoms with Crippen molar-refractivity contribution in [2.75, 3.05) is 0 Å². The Hall–Kier alpha value is -0.840. The first kappa shape index (κ1) is 15.2. The monoisotopic (exact) mass is 314 g/mol. The van der Waals surface area contributed by atoms with Crippen molar-refractivity contribution in [3.8, 4) is 5.75 Å². The van der Waals surface area contributed by atoms with E-state index < -0.39 is 0 Å². The highest BCUT2D eigenvalue weighted by Gasteiger charge is 2.18. The van der Waals surface area contributed by atoms with Gasteiger partial charge in [-0.05, 0) is 32.4 Å². The number of aromatic hydroxyl groups is 1. The largest absolute Gasteiger partial charge is 0.507 e. The van der Waals surface area contributed by atoms with Crippen LogP contribution < -0.4 is 0 Å². The van der Waals surface area contributed by atoms with Crippen LogP contribution in [0.3, 0.4) is 0 Å². The smallest absolute Gasteiger partial charge is 0.126 e. The molecule has 0 aliphatic rings. The fourth-order valence-corrected chi connectivity index (χ4v) is 2.18. The standard InChI is InChI=1S/C14H19BrO3/c1-4-5-14(2,3)18-9-11-7-12(15)6-10(8-16)13(11)17/h4,6-7,16-17H,1,5,8-9H2,2-3H3. The van der Waals surface area contributed by atoms with Crippen LogP contribution in [-0.4, -0.2) is 15.8 Å². The van der Waals surface area contributed by atoms with Crippen LogP contribution in [0.5, 0.6) is 5.75 Å². The fourth-order valence-electron chi connectivity index (χ4n) is 1.63. The maximum Gasteiger partial charge on any atom is 0.126 e. The second kappa shape index (κ2) is 6.36. The summed E-state index contributed by atoms with van der Waals surface area (Å²) in [7, 11) is 0. The molecule has 0 aliphatic carbocycles. The van der Waals surface area contributed by atoms with E-state index in [0.717, 1.165) is 10.9 Å². The Balaban J connectivity index is 2.85. The maximum absolute atomic E-state index is 9.96. The average molecular weight is 315 g/mol. The molecule has 0 unspecified atom stereocenters. The third-order valence-electron chi connectivity index (χ3n) is 2.66. The van der Waals surface area contributed by atoms with Gasteiger partial charge in [-0.25, -0.2) is 0 Å². The Morgan fingerprint density at radius 1 is 1.39 bits per heavy atom. The summed E-state index contributed by atoms with van der Waals surface area (Å²) in [5, 5.41) is 19.1. The van der Waals surface area contributed by atoms with Crippen LogP contribution in [0.25, 0.3) is 0 Å². The van der Waals surface area contributed by atoms with Crippen LogP contribution in [0.4, 0.5) is 0 Å². The number of benzene rings is 1. The van der Waals surface area contributed by atoms with Gasteiger partial charge in [0.2, 0.25) is 0 Å². The fraction of sp³-hybridized carbons (Fsp3) is 0.429. The van der Waals surface area contributed by atoms with Gasteiger partial charge in [0.05, 0.1) is 18.8 Å². The van der Waals surface area contributed by atoms with Gasteiger partial charge in [-0.15, -0.1) is 6.58 Å². The highest BCUT2D eigenvalue weighted by molar-refractivity contribution is 9.10. The van der Waals surface area contributed by atoms with Crippen LogP contribution in [0.15, 0.2) is 29.3 Å². The van der Waals surface area contributed by atoms with Crippen molar-refractivity contribution in [3.05, 3.63) is 40.4 Å². The molecule has 0 spiro atoms. The topological polar surface area (TPSA) is 49.7 Å². The maximum atomic E-state index is 9.96. The predicted molar refractivity (Wildman–Crippen MR) is 75.4 cm³/mol. The minimum Gasteiger partial charge on any atom is -0.507 e. The molecule has 1 aromatic rings. The lowest BCUT2D eigenvalue weighted by Gasteiger charge is -2.24. The summed E-state index contributed by atoms with van der Waals surface area (Å²) in [6.45, 7) is 7.72. The van der Waals surface area contributed by atoms with E-state index in [0.29, 0.717) is 17.7 Å². The number of aliphatic hydroxyl groups excluding tert-OH is 1. The van der Waals surface area contributed by atoms with Crippen molar-refractivity contribution in [1.29, 1.82) is 0 Å². The zero-order chi connectivity index (χ0) is 13.8. The van der Waals surface area contributed by atoms with E-state index >= 15 is 0 Å². The molecular formula is C14H19BrO3. The molecule has 0 fully saturated rings. The van der Waals surface area contributed by atoms with Crippen LogP contribution in [0.2, 0.25) is 0 Å². The molecule has 0 heterocycles. The molecule has 0 radical (unpaired) electrons. The van der Waals surface area contributed by atoms with Crippen LogP contribution in [-0.2, 0) is 18.0 Å². The molecule has 3 nitrogen and oxygen atoms in total. The van der Waals surface area contributed by atoms with E-state index in [4.69, 9.17) is 9.84 Å². The van der Waals surface area contributed by atoms with E-state index in [1.807, 2.05) is 13.8 Å². The normalized spacial score (nSPS) is 11.6. The Morgan fingerprint density at radius 2 is 2.00 bits per heavy atom. The second-order valence-corrected chi connectivity index (χ2v) is 5.69. The van der Waals surface area contributed by atoms with Gasteiger partial charge in [0.25, 0.3) is 0 Å². The average Bonchev–Trinajstić information content (AvgIpc) is 2.29. The van der Waals surface area contributed by atoms with Gasteiger partial charge in [-0.2, -0.15) is 0 Å². The molecule has 4 heteroatoms. The minimum absolute atomic E-state index is 0.0927. The lowest BCUT2D eigenvalue weighted by atomic mass is 10.0. The molecule has 1 rings (SSSR count). The lowest BCUT2D eigenvalue weighted by molar-refractivity contribution is -0.0274. The van der Waals surface area contributed by atoms with Gasteiger partial charge in [0.1, 0.15) is 5.75 Å². The summed E-state index contributed by atoms with van der Waals surface area (Å²) in [6, 6.07) is 3.48. The van der Waals surface area contributed by atoms with E-state index in [1.165, 1.54) is 0 Å². The summed E-state index contributed by atoms with van der Waals surface area (Å²) in [5.41, 5.74) is 0.825. The van der Waals surface area contributed by atoms with E-state index in [9.17, 15) is 5.11 Å². The number of hydrogen-bond donors (Lipinski definition) is 2. The summed E-state index contributed by atoms with van der Waals surface area (Å²) in [6.07, 6.45) is 2.54. The van der Waals surface area contributed by atoms with Crippen LogP contribution >= 0.6 is 15.9 Å². The molecule has 0 aliphatic heterocycles. The Bertz CT molecular complexity index is 427. The number of phenols is 1. The summed E-state index contributed by atoms with van der Waals surface area (Å²) in [4.78, 5) is 0. The van der Waals surface area contributed by atoms with Crippen LogP contribution in [0.1, 0.15) is 31.4 Å². The van der Waals surface area contributed by atoms with Crippen molar-refractivity contribution in [2.24, 2.45) is 0 Å². The Morgan fingerprint density at radius 3 is 2.56 bits per heavy atom. The number of hydrogen-bond acceptors (Lipinski definition) is 3. The molecule has 18 heavy (non-hydrogen) atoms. The van der Waals surface area contributed by atoms with Crippen molar-refractivity contribution in [1.82, 2.24) is 0 Å². The second-order valence-electron chi connectivity index (χ2n) is 4.77. The summed E-state index contributed by atoms with van der Waals surface area (Å²) >= 11 is 3.35. The zero-order valence-electron chi connectivity index (χ0n) is 10.7. The van der Waals surface area contributed by atoms with Gasteiger partial charge >= 0.3 is 0 Å². The predicted octanol–water partition coefficient (Wildman–Crippen LogP) is 3.52. The first-order valence-electron chi connectivity index (χ1n) is 5.75. The Kier molecular flexibility index (Phi) is 5.38. The van der Waals surface area contributed by atoms with Gasteiger partial charge in [-0.1, -0.05) is 22.0 Å². The van der Waals surface area contributed by atoms with E-state index in [-0.39, 0.29) is 18.0 Å². The molecule has 2 N–H and O–H groups in total. The van der Waals surface area contributed by atoms with Crippen molar-refractivity contribution in [3.63, 3.8) is 0 Å². The Labute approximate surface area is 116 Å². The van der Waals surface area contributed by atoms with Crippen molar-refractivity contribution in [2.45, 2.75) is 39.1 Å². The zero-order valence-corrected chi connectivity index (χ0v) is 12.3. The lowest BCUT2D eigenvalue weighted by Crippen LogP contribution is -2.23. The van der Waals surface area contributed by atoms with Gasteiger partial charge < -0.3 is 14.9 Å². The highest BCUT2D eigenvalue weighted by atomic mass is 79.9. The number of ether oxygens (including phenoxy) is 1. The molecule has 0 aromatic heterocycles. The molecular weight excluding hydrogens is 296 g/mol. The van der Waals surface area contributed by atoms with Gasteiger partial charge in [-0.3, -0.25) is 0 Å². The third kappa shape index (κ3) is 4.12. The molecule has 100 valence electrons. The van der Waals surface area contributed by atoms with E-state index in [2.05, 4.69) is 22.5 Å². The first-order valence-corrected chi connectivity index (χ1v) is 6.55. The quantitative estimate of drug-likeness (QED) is 0.790. The number of aliphatic hydroxyl groups is 1. The van der Waals surface area contributed by atoms with Crippen molar-refractivity contribution >= 4 is 15.9 Å².